The quantitative estimate of drug-likeness (QED) is 0.398. The summed E-state index contributed by atoms with van der Waals surface area (Å²) in [5.74, 6) is 0.708. The van der Waals surface area contributed by atoms with Crippen molar-refractivity contribution in [3.63, 3.8) is 0 Å². The van der Waals surface area contributed by atoms with Gasteiger partial charge < -0.3 is 20.1 Å². The number of hydrogen-bond donors (Lipinski definition) is 2. The van der Waals surface area contributed by atoms with E-state index < -0.39 is 6.04 Å². The number of anilines is 3. The lowest BCUT2D eigenvalue weighted by atomic mass is 9.77. The van der Waals surface area contributed by atoms with Gasteiger partial charge in [0.15, 0.2) is 5.78 Å². The van der Waals surface area contributed by atoms with Gasteiger partial charge in [-0.2, -0.15) is 0 Å². The Balaban J connectivity index is 1.65. The van der Waals surface area contributed by atoms with Crippen molar-refractivity contribution in [2.45, 2.75) is 45.6 Å². The number of para-hydroxylation sites is 2. The molecule has 0 bridgehead atoms. The molecule has 7 heteroatoms. The normalized spacial score (nSPS) is 18.4. The van der Waals surface area contributed by atoms with Crippen LogP contribution in [0.2, 0.25) is 0 Å². The van der Waals surface area contributed by atoms with E-state index in [-0.39, 0.29) is 24.2 Å². The van der Waals surface area contributed by atoms with Crippen molar-refractivity contribution in [2.75, 3.05) is 41.9 Å². The Morgan fingerprint density at radius 3 is 2.50 bits per heavy atom. The van der Waals surface area contributed by atoms with Crippen LogP contribution in [0.5, 0.6) is 5.75 Å². The van der Waals surface area contributed by atoms with Gasteiger partial charge in [0.1, 0.15) is 5.75 Å². The number of Topliss-reactive ketones (excluding diaryl/α,β-unsaturated/α-hetero) is 1. The standard InChI is InChI=1S/C33H37N3O4/c1-5-35(16-17-37)25-12-15-27(21(2)18-25)33-32-29(34-28-8-6-7-9-30(28)36(33)22(3)38)19-24(20-31(32)39)23-10-13-26(40-4)14-11-23/h6-15,18,24,33-34,37H,5,16-17,19-20H2,1-4H3. The van der Waals surface area contributed by atoms with E-state index in [2.05, 4.69) is 23.2 Å². The number of ether oxygens (including phenoxy) is 1. The summed E-state index contributed by atoms with van der Waals surface area (Å²) in [6.45, 7) is 7.02. The number of methoxy groups -OCH3 is 1. The molecular weight excluding hydrogens is 502 g/mol. The number of allylic oxidation sites excluding steroid dienone is 1. The maximum absolute atomic E-state index is 14.1. The first-order chi connectivity index (χ1) is 19.4. The van der Waals surface area contributed by atoms with Crippen molar-refractivity contribution < 1.29 is 19.4 Å². The first kappa shape index (κ1) is 27.5. The zero-order valence-electron chi connectivity index (χ0n) is 23.6. The van der Waals surface area contributed by atoms with Crippen LogP contribution in [0, 0.1) is 6.92 Å². The average Bonchev–Trinajstić information content (AvgIpc) is 3.10. The van der Waals surface area contributed by atoms with Crippen molar-refractivity contribution in [3.8, 4) is 5.75 Å². The Morgan fingerprint density at radius 1 is 1.10 bits per heavy atom. The zero-order valence-corrected chi connectivity index (χ0v) is 23.6. The summed E-state index contributed by atoms with van der Waals surface area (Å²) < 4.78 is 5.33. The van der Waals surface area contributed by atoms with Gasteiger partial charge in [-0.3, -0.25) is 14.5 Å². The molecule has 1 amide bonds. The van der Waals surface area contributed by atoms with Gasteiger partial charge in [0.05, 0.1) is 31.1 Å². The molecule has 0 saturated carbocycles. The fraction of sp³-hybridized carbons (Fsp3) is 0.333. The number of aliphatic hydroxyl groups excluding tert-OH is 1. The smallest absolute Gasteiger partial charge is 0.224 e. The van der Waals surface area contributed by atoms with Gasteiger partial charge in [0.2, 0.25) is 5.91 Å². The molecule has 0 spiro atoms. The molecule has 2 atom stereocenters. The molecule has 1 aliphatic carbocycles. The van der Waals surface area contributed by atoms with Crippen molar-refractivity contribution in [2.24, 2.45) is 0 Å². The van der Waals surface area contributed by atoms with Crippen LogP contribution in [0.25, 0.3) is 0 Å². The SMILES string of the molecule is CCN(CCO)c1ccc(C2C3=C(CC(c4ccc(OC)cc4)CC3=O)Nc3ccccc3N2C(C)=O)c(C)c1. The molecule has 0 radical (unpaired) electrons. The third-order valence-electron chi connectivity index (χ3n) is 8.08. The zero-order chi connectivity index (χ0) is 28.4. The van der Waals surface area contributed by atoms with E-state index in [0.717, 1.165) is 51.7 Å². The van der Waals surface area contributed by atoms with E-state index in [1.54, 1.807) is 18.9 Å². The molecule has 40 heavy (non-hydrogen) atoms. The number of fused-ring (bicyclic) bond motifs is 1. The highest BCUT2D eigenvalue weighted by molar-refractivity contribution is 6.06. The first-order valence-electron chi connectivity index (χ1n) is 13.9. The number of likely N-dealkylation sites (N-methyl/N-ethyl adjacent to an activating group) is 1. The molecule has 0 saturated heterocycles. The van der Waals surface area contributed by atoms with E-state index in [9.17, 15) is 14.7 Å². The van der Waals surface area contributed by atoms with Crippen molar-refractivity contribution >= 4 is 28.8 Å². The van der Waals surface area contributed by atoms with Crippen LogP contribution < -0.4 is 19.9 Å². The largest absolute Gasteiger partial charge is 0.497 e. The lowest BCUT2D eigenvalue weighted by Gasteiger charge is -2.35. The Hall–Kier alpha value is -4.10. The summed E-state index contributed by atoms with van der Waals surface area (Å²) in [5.41, 5.74) is 7.06. The number of benzene rings is 3. The van der Waals surface area contributed by atoms with E-state index in [1.807, 2.05) is 67.6 Å². The Morgan fingerprint density at radius 2 is 1.85 bits per heavy atom. The second kappa shape index (κ2) is 11.6. The number of carbonyl (C=O) groups is 2. The minimum absolute atomic E-state index is 0.0152. The molecule has 2 unspecified atom stereocenters. The fourth-order valence-electron chi connectivity index (χ4n) is 6.10. The van der Waals surface area contributed by atoms with Crippen LogP contribution in [0.4, 0.5) is 17.1 Å². The van der Waals surface area contributed by atoms with E-state index in [0.29, 0.717) is 25.0 Å². The van der Waals surface area contributed by atoms with Gasteiger partial charge in [0, 0.05) is 43.4 Å². The van der Waals surface area contributed by atoms with E-state index >= 15 is 0 Å². The fourth-order valence-corrected chi connectivity index (χ4v) is 6.10. The van der Waals surface area contributed by atoms with Crippen molar-refractivity contribution in [1.82, 2.24) is 0 Å². The summed E-state index contributed by atoms with van der Waals surface area (Å²) in [6, 6.07) is 21.3. The summed E-state index contributed by atoms with van der Waals surface area (Å²) in [6.07, 6.45) is 1.02. The first-order valence-corrected chi connectivity index (χ1v) is 13.9. The maximum Gasteiger partial charge on any atom is 0.224 e. The molecule has 5 rings (SSSR count). The number of hydrogen-bond acceptors (Lipinski definition) is 6. The third-order valence-corrected chi connectivity index (χ3v) is 8.08. The monoisotopic (exact) mass is 539 g/mol. The van der Waals surface area contributed by atoms with Gasteiger partial charge in [-0.25, -0.2) is 0 Å². The Bertz CT molecular complexity index is 1450. The van der Waals surface area contributed by atoms with Crippen molar-refractivity contribution in [3.05, 3.63) is 94.7 Å². The van der Waals surface area contributed by atoms with Crippen LogP contribution >= 0.6 is 0 Å². The number of rotatable bonds is 7. The Labute approximate surface area is 236 Å². The van der Waals surface area contributed by atoms with Gasteiger partial charge in [0.25, 0.3) is 0 Å². The van der Waals surface area contributed by atoms with E-state index in [1.165, 1.54) is 0 Å². The molecule has 0 aromatic heterocycles. The van der Waals surface area contributed by atoms with Crippen LogP contribution in [0.3, 0.4) is 0 Å². The second-order valence-electron chi connectivity index (χ2n) is 10.5. The molecular formula is C33H37N3O4. The molecule has 3 aromatic rings. The predicted octanol–water partition coefficient (Wildman–Crippen LogP) is 5.74. The number of aliphatic hydroxyl groups is 1. The number of nitrogens with one attached hydrogen (secondary N) is 1. The second-order valence-corrected chi connectivity index (χ2v) is 10.5. The lowest BCUT2D eigenvalue weighted by Crippen LogP contribution is -2.37. The summed E-state index contributed by atoms with van der Waals surface area (Å²) in [7, 11) is 1.64. The van der Waals surface area contributed by atoms with Crippen LogP contribution in [-0.4, -0.2) is 43.6 Å². The maximum atomic E-state index is 14.1. The number of ketones is 1. The number of aryl methyl sites for hydroxylation is 1. The number of amides is 1. The molecule has 1 heterocycles. The molecule has 0 fully saturated rings. The van der Waals surface area contributed by atoms with Crippen LogP contribution in [0.1, 0.15) is 55.3 Å². The summed E-state index contributed by atoms with van der Waals surface area (Å²) in [4.78, 5) is 31.4. The third kappa shape index (κ3) is 5.09. The topological polar surface area (TPSA) is 82.1 Å². The predicted molar refractivity (Wildman–Crippen MR) is 159 cm³/mol. The highest BCUT2D eigenvalue weighted by Gasteiger charge is 2.41. The number of nitrogens with zero attached hydrogens (tertiary/aromatic N) is 2. The molecule has 1 aliphatic heterocycles. The molecule has 2 aliphatic rings. The van der Waals surface area contributed by atoms with Crippen LogP contribution in [-0.2, 0) is 9.59 Å². The molecule has 3 aromatic carbocycles. The minimum Gasteiger partial charge on any atom is -0.497 e. The summed E-state index contributed by atoms with van der Waals surface area (Å²) >= 11 is 0. The Kier molecular flexibility index (Phi) is 7.94. The minimum atomic E-state index is -0.560. The number of carbonyl (C=O) groups excluding carboxylic acids is 2. The van der Waals surface area contributed by atoms with E-state index in [4.69, 9.17) is 4.74 Å². The van der Waals surface area contributed by atoms with Gasteiger partial charge >= 0.3 is 0 Å². The highest BCUT2D eigenvalue weighted by Crippen LogP contribution is 2.48. The summed E-state index contributed by atoms with van der Waals surface area (Å²) in [5, 5.41) is 13.1. The molecule has 2 N–H and O–H groups in total. The molecule has 208 valence electrons. The highest BCUT2D eigenvalue weighted by atomic mass is 16.5. The van der Waals surface area contributed by atoms with Crippen LogP contribution in [0.15, 0.2) is 78.0 Å². The van der Waals surface area contributed by atoms with Gasteiger partial charge in [-0.1, -0.05) is 30.3 Å². The van der Waals surface area contributed by atoms with Gasteiger partial charge in [-0.15, -0.1) is 0 Å². The lowest BCUT2D eigenvalue weighted by molar-refractivity contribution is -0.117. The van der Waals surface area contributed by atoms with Gasteiger partial charge in [-0.05, 0) is 79.3 Å². The molecule has 7 nitrogen and oxygen atoms in total. The van der Waals surface area contributed by atoms with Crippen molar-refractivity contribution in [1.29, 1.82) is 0 Å². The average molecular weight is 540 g/mol.